The van der Waals surface area contributed by atoms with E-state index in [1.54, 1.807) is 7.11 Å². The Hall–Kier alpha value is -0.120. The first-order valence-corrected chi connectivity index (χ1v) is 7.48. The van der Waals surface area contributed by atoms with Crippen molar-refractivity contribution in [2.24, 2.45) is 5.41 Å². The molecule has 1 unspecified atom stereocenters. The van der Waals surface area contributed by atoms with Gasteiger partial charge in [-0.2, -0.15) is 0 Å². The predicted molar refractivity (Wildman–Crippen MR) is 78.1 cm³/mol. The Bertz CT molecular complexity index is 193. The maximum atomic E-state index is 5.59. The fraction of sp³-hybridized carbons (Fsp3) is 1.00. The van der Waals surface area contributed by atoms with Crippen LogP contribution in [0, 0.1) is 5.41 Å². The van der Waals surface area contributed by atoms with Crippen LogP contribution in [0.4, 0.5) is 0 Å². The zero-order chi connectivity index (χ0) is 14.0. The quantitative estimate of drug-likeness (QED) is 0.635. The number of nitrogens with zero attached hydrogens (tertiary/aromatic N) is 1. The average molecular weight is 259 g/mol. The Morgan fingerprint density at radius 2 is 1.83 bits per heavy atom. The highest BCUT2D eigenvalue weighted by Gasteiger charge is 2.44. The molecule has 3 nitrogen and oxygen atoms in total. The van der Waals surface area contributed by atoms with E-state index in [1.807, 2.05) is 13.8 Å². The zero-order valence-corrected chi connectivity index (χ0v) is 13.3. The Labute approximate surface area is 114 Å². The van der Waals surface area contributed by atoms with E-state index in [4.69, 9.17) is 9.47 Å². The van der Waals surface area contributed by atoms with Gasteiger partial charge in [0.2, 0.25) is 0 Å². The smallest absolute Gasteiger partial charge is 0.0615 e. The van der Waals surface area contributed by atoms with Crippen molar-refractivity contribution in [1.29, 1.82) is 0 Å². The molecule has 1 aliphatic carbocycles. The van der Waals surface area contributed by atoms with Crippen molar-refractivity contribution >= 4 is 0 Å². The molecule has 0 spiro atoms. The lowest BCUT2D eigenvalue weighted by atomic mass is 10.1. The number of ether oxygens (including phenoxy) is 2. The van der Waals surface area contributed by atoms with E-state index in [1.165, 1.54) is 12.8 Å². The van der Waals surface area contributed by atoms with Gasteiger partial charge >= 0.3 is 0 Å². The molecule has 0 bridgehead atoms. The molecule has 0 aromatic rings. The molecule has 0 N–H and O–H groups in total. The number of hydrogen-bond acceptors (Lipinski definition) is 3. The summed E-state index contributed by atoms with van der Waals surface area (Å²) < 4.78 is 10.8. The minimum absolute atomic E-state index is 0.452. The summed E-state index contributed by atoms with van der Waals surface area (Å²) >= 11 is 0. The summed E-state index contributed by atoms with van der Waals surface area (Å²) in [5, 5.41) is 0. The van der Waals surface area contributed by atoms with Gasteiger partial charge in [0.15, 0.2) is 0 Å². The second-order valence-electron chi connectivity index (χ2n) is 5.00. The predicted octanol–water partition coefficient (Wildman–Crippen LogP) is 3.19. The molecular weight excluding hydrogens is 226 g/mol. The van der Waals surface area contributed by atoms with E-state index in [2.05, 4.69) is 25.7 Å². The van der Waals surface area contributed by atoms with Crippen LogP contribution < -0.4 is 0 Å². The van der Waals surface area contributed by atoms with Gasteiger partial charge in [-0.1, -0.05) is 20.8 Å². The van der Waals surface area contributed by atoms with Gasteiger partial charge in [-0.25, -0.2) is 0 Å². The molecule has 0 aromatic carbocycles. The molecule has 0 saturated heterocycles. The molecular formula is C15H33NO2. The lowest BCUT2D eigenvalue weighted by Crippen LogP contribution is -2.41. The third-order valence-corrected chi connectivity index (χ3v) is 3.55. The molecule has 1 rings (SSSR count). The second-order valence-corrected chi connectivity index (χ2v) is 5.00. The summed E-state index contributed by atoms with van der Waals surface area (Å²) in [6, 6.07) is 0.508. The van der Waals surface area contributed by atoms with E-state index in [0.29, 0.717) is 11.5 Å². The minimum Gasteiger partial charge on any atom is -0.383 e. The largest absolute Gasteiger partial charge is 0.383 e. The van der Waals surface area contributed by atoms with Gasteiger partial charge in [0.25, 0.3) is 0 Å². The standard InChI is InChI=1S/C13H27NO2.C2H6/c1-5-14(12(3)9-15-4)10-13(7-8-13)11-16-6-2;1-2/h12H,5-11H2,1-4H3;1-2H3. The highest BCUT2D eigenvalue weighted by atomic mass is 16.5. The van der Waals surface area contributed by atoms with E-state index in [0.717, 1.165) is 32.9 Å². The van der Waals surface area contributed by atoms with Crippen molar-refractivity contribution in [1.82, 2.24) is 4.90 Å². The van der Waals surface area contributed by atoms with E-state index < -0.39 is 0 Å². The Kier molecular flexibility index (Phi) is 9.70. The Balaban J connectivity index is 0.00000137. The third-order valence-electron chi connectivity index (χ3n) is 3.55. The highest BCUT2D eigenvalue weighted by Crippen LogP contribution is 2.46. The summed E-state index contributed by atoms with van der Waals surface area (Å²) in [7, 11) is 1.78. The number of methoxy groups -OCH3 is 1. The monoisotopic (exact) mass is 259 g/mol. The van der Waals surface area contributed by atoms with Crippen LogP contribution in [-0.2, 0) is 9.47 Å². The van der Waals surface area contributed by atoms with Gasteiger partial charge in [-0.05, 0) is 33.2 Å². The van der Waals surface area contributed by atoms with E-state index >= 15 is 0 Å². The van der Waals surface area contributed by atoms with Crippen molar-refractivity contribution in [3.63, 3.8) is 0 Å². The van der Waals surface area contributed by atoms with Crippen LogP contribution in [0.15, 0.2) is 0 Å². The lowest BCUT2D eigenvalue weighted by Gasteiger charge is -2.31. The van der Waals surface area contributed by atoms with Crippen molar-refractivity contribution in [3.8, 4) is 0 Å². The topological polar surface area (TPSA) is 21.7 Å². The molecule has 0 aliphatic heterocycles. The van der Waals surface area contributed by atoms with E-state index in [9.17, 15) is 0 Å². The number of likely N-dealkylation sites (N-methyl/N-ethyl adjacent to an activating group) is 1. The third kappa shape index (κ3) is 6.17. The van der Waals surface area contributed by atoms with Crippen molar-refractivity contribution < 1.29 is 9.47 Å². The maximum Gasteiger partial charge on any atom is 0.0615 e. The molecule has 1 saturated carbocycles. The van der Waals surface area contributed by atoms with Gasteiger partial charge in [0.1, 0.15) is 0 Å². The summed E-state index contributed by atoms with van der Waals surface area (Å²) in [5.74, 6) is 0. The minimum atomic E-state index is 0.452. The molecule has 0 aromatic heterocycles. The molecule has 18 heavy (non-hydrogen) atoms. The van der Waals surface area contributed by atoms with Crippen molar-refractivity contribution in [2.75, 3.05) is 40.0 Å². The molecule has 0 radical (unpaired) electrons. The molecule has 1 fully saturated rings. The number of hydrogen-bond donors (Lipinski definition) is 0. The second kappa shape index (κ2) is 9.76. The molecule has 1 aliphatic rings. The SMILES string of the molecule is CC.CCOCC1(CN(CC)C(C)COC)CC1. The molecule has 1 atom stereocenters. The Morgan fingerprint density at radius 1 is 1.22 bits per heavy atom. The van der Waals surface area contributed by atoms with Gasteiger partial charge in [0.05, 0.1) is 13.2 Å². The van der Waals surface area contributed by atoms with Gasteiger partial charge < -0.3 is 9.47 Å². The Morgan fingerprint density at radius 3 is 2.22 bits per heavy atom. The van der Waals surface area contributed by atoms with Crippen LogP contribution in [0.1, 0.15) is 47.5 Å². The van der Waals surface area contributed by atoms with Crippen LogP contribution in [0.3, 0.4) is 0 Å². The highest BCUT2D eigenvalue weighted by molar-refractivity contribution is 4.96. The maximum absolute atomic E-state index is 5.59. The van der Waals surface area contributed by atoms with Crippen LogP contribution in [0.2, 0.25) is 0 Å². The summed E-state index contributed by atoms with van der Waals surface area (Å²) in [5.41, 5.74) is 0.452. The van der Waals surface area contributed by atoms with Gasteiger partial charge in [-0.15, -0.1) is 0 Å². The fourth-order valence-electron chi connectivity index (χ4n) is 2.20. The molecule has 110 valence electrons. The van der Waals surface area contributed by atoms with Crippen molar-refractivity contribution in [2.45, 2.75) is 53.5 Å². The van der Waals surface area contributed by atoms with Gasteiger partial charge in [-0.3, -0.25) is 4.90 Å². The number of rotatable bonds is 9. The molecule has 3 heteroatoms. The van der Waals surface area contributed by atoms with E-state index in [-0.39, 0.29) is 0 Å². The molecule has 0 heterocycles. The summed E-state index contributed by atoms with van der Waals surface area (Å²) in [6.07, 6.45) is 2.65. The zero-order valence-electron chi connectivity index (χ0n) is 13.3. The lowest BCUT2D eigenvalue weighted by molar-refractivity contribution is 0.0503. The van der Waals surface area contributed by atoms with Gasteiger partial charge in [0, 0.05) is 31.7 Å². The van der Waals surface area contributed by atoms with Crippen molar-refractivity contribution in [3.05, 3.63) is 0 Å². The average Bonchev–Trinajstić information content (AvgIpc) is 3.16. The summed E-state index contributed by atoms with van der Waals surface area (Å²) in [4.78, 5) is 2.51. The van der Waals surface area contributed by atoms with Crippen LogP contribution in [0.5, 0.6) is 0 Å². The molecule has 0 amide bonds. The normalized spacial score (nSPS) is 18.2. The first-order valence-electron chi connectivity index (χ1n) is 7.48. The first-order chi connectivity index (χ1) is 8.67. The van der Waals surface area contributed by atoms with Crippen LogP contribution >= 0.6 is 0 Å². The van der Waals surface area contributed by atoms with Crippen LogP contribution in [-0.4, -0.2) is 51.0 Å². The fourth-order valence-corrected chi connectivity index (χ4v) is 2.20. The summed E-state index contributed by atoms with van der Waals surface area (Å²) in [6.45, 7) is 15.4. The van der Waals surface area contributed by atoms with Crippen LogP contribution in [0.25, 0.3) is 0 Å². The first kappa shape index (κ1) is 17.9.